The third-order valence-electron chi connectivity index (χ3n) is 12.4. The van der Waals surface area contributed by atoms with Gasteiger partial charge in [-0.05, 0) is 52.9 Å². The van der Waals surface area contributed by atoms with Gasteiger partial charge in [0.2, 0.25) is 5.91 Å². The number of nitrogens with zero attached hydrogens (tertiary/aromatic N) is 1. The van der Waals surface area contributed by atoms with Gasteiger partial charge in [-0.2, -0.15) is 4.79 Å². The lowest BCUT2D eigenvalue weighted by Crippen LogP contribution is -2.66. The minimum absolute atomic E-state index is 0.0661. The standard InChI is InChI=1S/C51H97N3O8/c1-6-8-10-12-14-16-18-20-22-24-26-28-30-32-34-36-42-54(50(61)62-51(3,4)5,43-37-35-33-31-29-27-25-23-21-19-17-15-13-11-9-7-2)45(39-40-46(52)55)48(58)53-44(49(59)60)38-41-47(56)57/h44-45H,6-43H2,1-5H3,(H4-,52,53,55,56,57,58,59,60)/p+1/t44-,45-/m0/s1. The summed E-state index contributed by atoms with van der Waals surface area (Å²) in [5.74, 6) is -3.88. The molecule has 0 aromatic carbocycles. The van der Waals surface area contributed by atoms with Crippen molar-refractivity contribution in [2.24, 2.45) is 5.73 Å². The molecule has 0 unspecified atom stereocenters. The lowest BCUT2D eigenvalue weighted by molar-refractivity contribution is -0.875. The number of nitrogens with two attached hydrogens (primary N) is 1. The number of carbonyl (C=O) groups excluding carboxylic acids is 3. The first-order valence-electron chi connectivity index (χ1n) is 25.8. The SMILES string of the molecule is CCCCCCCCCCCCCCCCCC[N+](CCCCCCCCCCCCCCCCCC)(C(=O)OC(C)(C)C)[C@@H](CCC(N)=O)C(=O)N[C@@H](CCC(=O)O)C(=O)O. The third-order valence-corrected chi connectivity index (χ3v) is 12.4. The van der Waals surface area contributed by atoms with Gasteiger partial charge in [-0.3, -0.25) is 14.4 Å². The van der Waals surface area contributed by atoms with E-state index in [-0.39, 0.29) is 23.7 Å². The third kappa shape index (κ3) is 32.9. The molecule has 364 valence electrons. The van der Waals surface area contributed by atoms with E-state index in [1.807, 2.05) is 0 Å². The van der Waals surface area contributed by atoms with Crippen molar-refractivity contribution in [1.82, 2.24) is 5.32 Å². The molecule has 11 nitrogen and oxygen atoms in total. The molecule has 3 amide bonds. The van der Waals surface area contributed by atoms with E-state index in [0.717, 1.165) is 38.5 Å². The van der Waals surface area contributed by atoms with Crippen molar-refractivity contribution >= 4 is 29.8 Å². The molecule has 0 rings (SSSR count). The topological polar surface area (TPSA) is 173 Å². The number of rotatable bonds is 44. The van der Waals surface area contributed by atoms with E-state index in [1.165, 1.54) is 154 Å². The van der Waals surface area contributed by atoms with E-state index in [9.17, 15) is 34.2 Å². The maximum atomic E-state index is 14.5. The summed E-state index contributed by atoms with van der Waals surface area (Å²) in [5, 5.41) is 21.8. The van der Waals surface area contributed by atoms with Crippen LogP contribution in [0, 0.1) is 0 Å². The number of hydrogen-bond acceptors (Lipinski definition) is 6. The zero-order valence-corrected chi connectivity index (χ0v) is 40.9. The van der Waals surface area contributed by atoms with Crippen LogP contribution in [-0.4, -0.2) is 75.3 Å². The number of unbranched alkanes of at least 4 members (excludes halogenated alkanes) is 30. The molecule has 0 aliphatic heterocycles. The van der Waals surface area contributed by atoms with E-state index in [0.29, 0.717) is 25.9 Å². The Morgan fingerprint density at radius 1 is 0.516 bits per heavy atom. The summed E-state index contributed by atoms with van der Waals surface area (Å²) in [6.07, 6.45) is 37.0. The van der Waals surface area contributed by atoms with E-state index in [4.69, 9.17) is 10.5 Å². The van der Waals surface area contributed by atoms with Crippen LogP contribution in [0.5, 0.6) is 0 Å². The second-order valence-corrected chi connectivity index (χ2v) is 19.4. The van der Waals surface area contributed by atoms with Crippen LogP contribution in [0.4, 0.5) is 4.79 Å². The highest BCUT2D eigenvalue weighted by molar-refractivity contribution is 5.88. The highest BCUT2D eigenvalue weighted by atomic mass is 16.6. The summed E-state index contributed by atoms with van der Waals surface area (Å²) in [6.45, 7) is 10.5. The van der Waals surface area contributed by atoms with E-state index in [2.05, 4.69) is 19.2 Å². The summed E-state index contributed by atoms with van der Waals surface area (Å²) in [5.41, 5.74) is 4.76. The van der Waals surface area contributed by atoms with Crippen molar-refractivity contribution in [2.45, 2.75) is 283 Å². The van der Waals surface area contributed by atoms with Crippen LogP contribution in [0.1, 0.15) is 266 Å². The minimum atomic E-state index is -1.47. The van der Waals surface area contributed by atoms with Crippen LogP contribution in [0.2, 0.25) is 0 Å². The molecule has 2 atom stereocenters. The molecule has 0 fully saturated rings. The second kappa shape index (κ2) is 38.7. The van der Waals surface area contributed by atoms with Crippen molar-refractivity contribution in [1.29, 1.82) is 0 Å². The van der Waals surface area contributed by atoms with Gasteiger partial charge in [0.05, 0.1) is 13.1 Å². The van der Waals surface area contributed by atoms with Crippen LogP contribution >= 0.6 is 0 Å². The number of nitrogens with one attached hydrogen (secondary N) is 1. The van der Waals surface area contributed by atoms with Gasteiger partial charge in [0, 0.05) is 19.3 Å². The number of ether oxygens (including phenoxy) is 1. The van der Waals surface area contributed by atoms with Gasteiger partial charge in [0.1, 0.15) is 11.6 Å². The lowest BCUT2D eigenvalue weighted by Gasteiger charge is -2.42. The molecular weight excluding hydrogens is 783 g/mol. The Balaban J connectivity index is 5.69. The molecule has 0 saturated carbocycles. The molecule has 0 saturated heterocycles. The summed E-state index contributed by atoms with van der Waals surface area (Å²) in [4.78, 5) is 64.6. The van der Waals surface area contributed by atoms with Crippen LogP contribution in [0.3, 0.4) is 0 Å². The fourth-order valence-electron chi connectivity index (χ4n) is 8.64. The molecule has 0 aliphatic carbocycles. The molecule has 0 aliphatic rings. The van der Waals surface area contributed by atoms with Gasteiger partial charge < -0.3 is 26.0 Å². The second-order valence-electron chi connectivity index (χ2n) is 19.4. The number of hydrogen-bond donors (Lipinski definition) is 4. The predicted molar refractivity (Wildman–Crippen MR) is 254 cm³/mol. The number of carbonyl (C=O) groups is 5. The van der Waals surface area contributed by atoms with E-state index >= 15 is 0 Å². The zero-order valence-electron chi connectivity index (χ0n) is 40.9. The molecule has 11 heteroatoms. The Morgan fingerprint density at radius 3 is 1.11 bits per heavy atom. The van der Waals surface area contributed by atoms with Gasteiger partial charge in [0.15, 0.2) is 6.04 Å². The Morgan fingerprint density at radius 2 is 0.839 bits per heavy atom. The van der Waals surface area contributed by atoms with E-state index in [1.54, 1.807) is 20.8 Å². The molecule has 0 radical (unpaired) electrons. The molecule has 0 aromatic heterocycles. The quantitative estimate of drug-likeness (QED) is 0.0346. The lowest BCUT2D eigenvalue weighted by atomic mass is 10.00. The summed E-state index contributed by atoms with van der Waals surface area (Å²) >= 11 is 0. The predicted octanol–water partition coefficient (Wildman–Crippen LogP) is 13.3. The van der Waals surface area contributed by atoms with Crippen molar-refractivity contribution in [2.75, 3.05) is 13.1 Å². The maximum Gasteiger partial charge on any atom is 0.517 e. The van der Waals surface area contributed by atoms with Gasteiger partial charge in [-0.25, -0.2) is 9.28 Å². The average molecular weight is 881 g/mol. The van der Waals surface area contributed by atoms with Gasteiger partial charge in [0.25, 0.3) is 5.91 Å². The van der Waals surface area contributed by atoms with Crippen molar-refractivity contribution in [3.8, 4) is 0 Å². The monoisotopic (exact) mass is 881 g/mol. The molecule has 0 aromatic rings. The average Bonchev–Trinajstić information content (AvgIpc) is 3.20. The van der Waals surface area contributed by atoms with Gasteiger partial charge in [-0.1, -0.05) is 194 Å². The fourth-order valence-corrected chi connectivity index (χ4v) is 8.64. The first-order valence-corrected chi connectivity index (χ1v) is 25.8. The number of aliphatic carboxylic acids is 2. The first-order chi connectivity index (χ1) is 29.7. The fraction of sp³-hybridized carbons (Fsp3) is 0.902. The molecule has 5 N–H and O–H groups in total. The number of carboxylic acid groups (broad SMARTS) is 2. The largest absolute Gasteiger partial charge is 0.517 e. The normalized spacial score (nSPS) is 12.9. The van der Waals surface area contributed by atoms with Gasteiger partial charge >= 0.3 is 18.0 Å². The van der Waals surface area contributed by atoms with Crippen molar-refractivity contribution in [3.05, 3.63) is 0 Å². The zero-order chi connectivity index (χ0) is 46.3. The van der Waals surface area contributed by atoms with Gasteiger partial charge in [-0.15, -0.1) is 0 Å². The molecule has 0 heterocycles. The van der Waals surface area contributed by atoms with Crippen LogP contribution in [0.15, 0.2) is 0 Å². The van der Waals surface area contributed by atoms with Crippen molar-refractivity contribution < 1.29 is 43.4 Å². The van der Waals surface area contributed by atoms with Crippen LogP contribution in [0.25, 0.3) is 0 Å². The Kier molecular flexibility index (Phi) is 37.1. The summed E-state index contributed by atoms with van der Waals surface area (Å²) < 4.78 is 5.71. The Labute approximate surface area is 379 Å². The Bertz CT molecular complexity index is 1120. The minimum Gasteiger partial charge on any atom is -0.481 e. The number of carboxylic acids is 2. The number of amides is 3. The van der Waals surface area contributed by atoms with E-state index < -0.39 is 54.0 Å². The van der Waals surface area contributed by atoms with Crippen LogP contribution in [-0.2, 0) is 23.9 Å². The maximum absolute atomic E-state index is 14.5. The summed E-state index contributed by atoms with van der Waals surface area (Å²) in [7, 11) is 0. The highest BCUT2D eigenvalue weighted by Crippen LogP contribution is 2.28. The number of primary amides is 1. The molecule has 0 bridgehead atoms. The summed E-state index contributed by atoms with van der Waals surface area (Å²) in [6, 6.07) is -2.61. The Hall–Kier alpha value is -2.69. The molecule has 62 heavy (non-hydrogen) atoms. The highest BCUT2D eigenvalue weighted by Gasteiger charge is 2.50. The first kappa shape index (κ1) is 59.3. The molecular formula is C51H98N3O8+. The smallest absolute Gasteiger partial charge is 0.481 e. The number of quaternary nitrogens is 1. The molecule has 0 spiro atoms. The van der Waals surface area contributed by atoms with Crippen molar-refractivity contribution in [3.63, 3.8) is 0 Å². The van der Waals surface area contributed by atoms with Crippen LogP contribution < -0.4 is 11.1 Å².